The Morgan fingerprint density at radius 3 is 2.21 bits per heavy atom. The molecule has 0 heterocycles. The fourth-order valence-corrected chi connectivity index (χ4v) is 0.918. The molecule has 0 radical (unpaired) electrons. The summed E-state index contributed by atoms with van der Waals surface area (Å²) in [5.41, 5.74) is 5.44. The fraction of sp³-hybridized carbons (Fsp3) is 1.00. The SMILES string of the molecule is CC(N)C(CO)OCCOC(C)(C)C. The van der Waals surface area contributed by atoms with Gasteiger partial charge in [-0.05, 0) is 27.7 Å². The van der Waals surface area contributed by atoms with Crippen molar-refractivity contribution >= 4 is 0 Å². The Hall–Kier alpha value is -0.160. The van der Waals surface area contributed by atoms with Crippen LogP contribution >= 0.6 is 0 Å². The molecule has 0 rings (SSSR count). The molecule has 4 nitrogen and oxygen atoms in total. The Labute approximate surface area is 86.4 Å². The predicted octanol–water partition coefficient (Wildman–Crippen LogP) is 0.526. The maximum Gasteiger partial charge on any atom is 0.0954 e. The van der Waals surface area contributed by atoms with Crippen molar-refractivity contribution in [2.24, 2.45) is 5.73 Å². The van der Waals surface area contributed by atoms with Crippen LogP contribution in [0.1, 0.15) is 27.7 Å². The second kappa shape index (κ2) is 6.35. The third kappa shape index (κ3) is 7.26. The lowest BCUT2D eigenvalue weighted by Gasteiger charge is -2.22. The van der Waals surface area contributed by atoms with E-state index < -0.39 is 0 Å². The van der Waals surface area contributed by atoms with Gasteiger partial charge in [0.25, 0.3) is 0 Å². The molecule has 0 aliphatic rings. The molecule has 2 unspecified atom stereocenters. The van der Waals surface area contributed by atoms with Crippen LogP contribution in [0.4, 0.5) is 0 Å². The smallest absolute Gasteiger partial charge is 0.0954 e. The lowest BCUT2D eigenvalue weighted by Crippen LogP contribution is -2.38. The van der Waals surface area contributed by atoms with E-state index in [1.807, 2.05) is 27.7 Å². The monoisotopic (exact) mass is 205 g/mol. The number of aliphatic hydroxyl groups is 1. The van der Waals surface area contributed by atoms with Gasteiger partial charge in [-0.25, -0.2) is 0 Å². The minimum Gasteiger partial charge on any atom is -0.394 e. The summed E-state index contributed by atoms with van der Waals surface area (Å²) in [6.45, 7) is 8.71. The molecule has 0 bridgehead atoms. The Balaban J connectivity index is 3.52. The van der Waals surface area contributed by atoms with Gasteiger partial charge in [0.2, 0.25) is 0 Å². The zero-order chi connectivity index (χ0) is 11.2. The Kier molecular flexibility index (Phi) is 6.27. The molecule has 14 heavy (non-hydrogen) atoms. The first kappa shape index (κ1) is 13.8. The van der Waals surface area contributed by atoms with Crippen molar-refractivity contribution in [3.8, 4) is 0 Å². The summed E-state index contributed by atoms with van der Waals surface area (Å²) in [7, 11) is 0. The van der Waals surface area contributed by atoms with Crippen molar-refractivity contribution < 1.29 is 14.6 Å². The molecule has 0 saturated heterocycles. The highest BCUT2D eigenvalue weighted by molar-refractivity contribution is 4.67. The standard InChI is InChI=1S/C10H23NO3/c1-8(11)9(7-12)13-5-6-14-10(2,3)4/h8-9,12H,5-7,11H2,1-4H3. The van der Waals surface area contributed by atoms with Gasteiger partial charge in [0, 0.05) is 6.04 Å². The highest BCUT2D eigenvalue weighted by Crippen LogP contribution is 2.06. The van der Waals surface area contributed by atoms with Crippen molar-refractivity contribution in [1.29, 1.82) is 0 Å². The van der Waals surface area contributed by atoms with Crippen molar-refractivity contribution in [2.45, 2.75) is 45.4 Å². The van der Waals surface area contributed by atoms with Gasteiger partial charge in [0.05, 0.1) is 31.5 Å². The predicted molar refractivity (Wildman–Crippen MR) is 56.2 cm³/mol. The topological polar surface area (TPSA) is 64.7 Å². The molecule has 0 fully saturated rings. The molecule has 4 heteroatoms. The average Bonchev–Trinajstić information content (AvgIpc) is 2.01. The first-order valence-electron chi connectivity index (χ1n) is 4.99. The highest BCUT2D eigenvalue weighted by Gasteiger charge is 2.14. The van der Waals surface area contributed by atoms with Crippen molar-refractivity contribution in [2.75, 3.05) is 19.8 Å². The van der Waals surface area contributed by atoms with E-state index in [1.54, 1.807) is 0 Å². The fourth-order valence-electron chi connectivity index (χ4n) is 0.918. The third-order valence-electron chi connectivity index (χ3n) is 1.72. The minimum absolute atomic E-state index is 0.0484. The molecule has 3 N–H and O–H groups in total. The number of aliphatic hydroxyl groups excluding tert-OH is 1. The number of hydrogen-bond donors (Lipinski definition) is 2. The van der Waals surface area contributed by atoms with Crippen LogP contribution in [-0.4, -0.2) is 42.7 Å². The molecule has 0 aliphatic heterocycles. The van der Waals surface area contributed by atoms with E-state index >= 15 is 0 Å². The molecule has 0 aromatic rings. The molecule has 0 saturated carbocycles. The summed E-state index contributed by atoms with van der Waals surface area (Å²) in [4.78, 5) is 0. The molecule has 0 amide bonds. The van der Waals surface area contributed by atoms with Gasteiger partial charge in [-0.3, -0.25) is 0 Å². The molecular formula is C10H23NO3. The van der Waals surface area contributed by atoms with Gasteiger partial charge in [0.1, 0.15) is 0 Å². The number of ether oxygens (including phenoxy) is 2. The largest absolute Gasteiger partial charge is 0.394 e. The van der Waals surface area contributed by atoms with Gasteiger partial charge in [-0.15, -0.1) is 0 Å². The highest BCUT2D eigenvalue weighted by atomic mass is 16.5. The molecule has 86 valence electrons. The molecule has 0 aromatic carbocycles. The van der Waals surface area contributed by atoms with Crippen LogP contribution in [0.25, 0.3) is 0 Å². The second-order valence-corrected chi connectivity index (χ2v) is 4.41. The van der Waals surface area contributed by atoms with E-state index in [0.717, 1.165) is 0 Å². The van der Waals surface area contributed by atoms with Crippen LogP contribution in [0.3, 0.4) is 0 Å². The zero-order valence-electron chi connectivity index (χ0n) is 9.62. The summed E-state index contributed by atoms with van der Waals surface area (Å²) in [5.74, 6) is 0. The van der Waals surface area contributed by atoms with Crippen LogP contribution in [0.2, 0.25) is 0 Å². The first-order chi connectivity index (χ1) is 6.37. The maximum absolute atomic E-state index is 8.91. The van der Waals surface area contributed by atoms with Gasteiger partial charge in [-0.1, -0.05) is 0 Å². The third-order valence-corrected chi connectivity index (χ3v) is 1.72. The van der Waals surface area contributed by atoms with Gasteiger partial charge >= 0.3 is 0 Å². The van der Waals surface area contributed by atoms with E-state index in [1.165, 1.54) is 0 Å². The lowest BCUT2D eigenvalue weighted by atomic mass is 10.2. The first-order valence-corrected chi connectivity index (χ1v) is 4.99. The molecular weight excluding hydrogens is 182 g/mol. The summed E-state index contributed by atoms with van der Waals surface area (Å²) in [5, 5.41) is 8.91. The van der Waals surface area contributed by atoms with Crippen molar-refractivity contribution in [3.05, 3.63) is 0 Å². The Bertz CT molecular complexity index is 143. The molecule has 2 atom stereocenters. The van der Waals surface area contributed by atoms with E-state index in [2.05, 4.69) is 0 Å². The summed E-state index contributed by atoms with van der Waals surface area (Å²) >= 11 is 0. The second-order valence-electron chi connectivity index (χ2n) is 4.41. The number of rotatable bonds is 6. The Morgan fingerprint density at radius 2 is 1.86 bits per heavy atom. The minimum atomic E-state index is -0.293. The van der Waals surface area contributed by atoms with Gasteiger partial charge in [0.15, 0.2) is 0 Å². The Morgan fingerprint density at radius 1 is 1.29 bits per heavy atom. The van der Waals surface area contributed by atoms with Crippen LogP contribution in [0.15, 0.2) is 0 Å². The van der Waals surface area contributed by atoms with E-state index in [0.29, 0.717) is 13.2 Å². The van der Waals surface area contributed by atoms with Crippen molar-refractivity contribution in [1.82, 2.24) is 0 Å². The molecule has 0 spiro atoms. The molecule has 0 aliphatic carbocycles. The van der Waals surface area contributed by atoms with Crippen LogP contribution in [-0.2, 0) is 9.47 Å². The van der Waals surface area contributed by atoms with Crippen molar-refractivity contribution in [3.63, 3.8) is 0 Å². The van der Waals surface area contributed by atoms with Crippen LogP contribution in [0.5, 0.6) is 0 Å². The van der Waals surface area contributed by atoms with Crippen LogP contribution in [0, 0.1) is 0 Å². The van der Waals surface area contributed by atoms with E-state index in [4.69, 9.17) is 20.3 Å². The van der Waals surface area contributed by atoms with E-state index in [-0.39, 0.29) is 24.4 Å². The van der Waals surface area contributed by atoms with Gasteiger partial charge in [-0.2, -0.15) is 0 Å². The lowest BCUT2D eigenvalue weighted by molar-refractivity contribution is -0.0650. The quantitative estimate of drug-likeness (QED) is 0.621. The normalized spacial score (nSPS) is 16.7. The van der Waals surface area contributed by atoms with E-state index in [9.17, 15) is 0 Å². The summed E-state index contributed by atoms with van der Waals surface area (Å²) in [6.07, 6.45) is -0.293. The number of hydrogen-bond acceptors (Lipinski definition) is 4. The summed E-state index contributed by atoms with van der Waals surface area (Å²) in [6, 6.07) is -0.158. The number of nitrogens with two attached hydrogens (primary N) is 1. The zero-order valence-corrected chi connectivity index (χ0v) is 9.62. The summed E-state index contributed by atoms with van der Waals surface area (Å²) < 4.78 is 10.8. The van der Waals surface area contributed by atoms with Crippen LogP contribution < -0.4 is 5.73 Å². The average molecular weight is 205 g/mol. The van der Waals surface area contributed by atoms with Gasteiger partial charge < -0.3 is 20.3 Å². The maximum atomic E-state index is 8.91. The molecule has 0 aromatic heterocycles.